The summed E-state index contributed by atoms with van der Waals surface area (Å²) >= 11 is 0. The van der Waals surface area contributed by atoms with E-state index >= 15 is 0 Å². The highest BCUT2D eigenvalue weighted by Gasteiger charge is 2.21. The van der Waals surface area contributed by atoms with Gasteiger partial charge in [0.2, 0.25) is 5.91 Å². The Balaban J connectivity index is 1.48. The highest BCUT2D eigenvalue weighted by molar-refractivity contribution is 5.81. The maximum absolute atomic E-state index is 11.7. The van der Waals surface area contributed by atoms with Crippen molar-refractivity contribution in [2.75, 3.05) is 32.8 Å². The number of morpholine rings is 1. The van der Waals surface area contributed by atoms with E-state index in [4.69, 9.17) is 9.47 Å². The summed E-state index contributed by atoms with van der Waals surface area (Å²) in [5.74, 6) is -0.0110. The molecule has 0 aromatic rings. The number of hydrogen-bond acceptors (Lipinski definition) is 4. The van der Waals surface area contributed by atoms with Crippen LogP contribution in [0.2, 0.25) is 0 Å². The fraction of sp³-hybridized carbons (Fsp3) is 0.923. The number of carbonyl (C=O) groups is 1. The second kappa shape index (κ2) is 7.71. The first-order valence-corrected chi connectivity index (χ1v) is 7.08. The van der Waals surface area contributed by atoms with Gasteiger partial charge in [-0.05, 0) is 19.3 Å². The minimum absolute atomic E-state index is 0.0110. The van der Waals surface area contributed by atoms with Crippen molar-refractivity contribution >= 4 is 5.91 Å². The molecular formula is C13H24N2O3. The lowest BCUT2D eigenvalue weighted by molar-refractivity contribution is -0.134. The van der Waals surface area contributed by atoms with Gasteiger partial charge >= 0.3 is 0 Å². The van der Waals surface area contributed by atoms with Gasteiger partial charge in [0.1, 0.15) is 6.10 Å². The molecule has 104 valence electrons. The van der Waals surface area contributed by atoms with Gasteiger partial charge in [-0.3, -0.25) is 4.79 Å². The maximum Gasteiger partial charge on any atom is 0.250 e. The molecule has 2 fully saturated rings. The molecule has 1 heterocycles. The Morgan fingerprint density at radius 1 is 1.39 bits per heavy atom. The van der Waals surface area contributed by atoms with E-state index in [9.17, 15) is 4.79 Å². The lowest BCUT2D eigenvalue weighted by atomic mass is 10.3. The fourth-order valence-electron chi connectivity index (χ4n) is 2.44. The normalized spacial score (nSPS) is 25.2. The third-order valence-corrected chi connectivity index (χ3v) is 3.50. The standard InChI is InChI=1S/C13H24N2O3/c16-13(12-10-14-7-9-18-12)15-6-3-8-17-11-4-1-2-5-11/h11-12,14H,1-10H2,(H,15,16). The van der Waals surface area contributed by atoms with E-state index in [0.29, 0.717) is 25.8 Å². The SMILES string of the molecule is O=C(NCCCOC1CCCC1)C1CNCCO1. The molecule has 2 N–H and O–H groups in total. The number of carbonyl (C=O) groups excluding carboxylic acids is 1. The van der Waals surface area contributed by atoms with Crippen molar-refractivity contribution < 1.29 is 14.3 Å². The first kappa shape index (κ1) is 13.8. The molecule has 0 aromatic carbocycles. The molecule has 0 radical (unpaired) electrons. The molecule has 5 nitrogen and oxygen atoms in total. The van der Waals surface area contributed by atoms with E-state index in [-0.39, 0.29) is 12.0 Å². The van der Waals surface area contributed by atoms with Crippen molar-refractivity contribution in [1.29, 1.82) is 0 Å². The number of ether oxygens (including phenoxy) is 2. The van der Waals surface area contributed by atoms with E-state index in [2.05, 4.69) is 10.6 Å². The Morgan fingerprint density at radius 3 is 2.94 bits per heavy atom. The van der Waals surface area contributed by atoms with Gasteiger partial charge in [-0.2, -0.15) is 0 Å². The molecule has 0 spiro atoms. The van der Waals surface area contributed by atoms with Crippen LogP contribution >= 0.6 is 0 Å². The topological polar surface area (TPSA) is 59.6 Å². The molecular weight excluding hydrogens is 232 g/mol. The molecule has 0 bridgehead atoms. The Hall–Kier alpha value is -0.650. The molecule has 1 amide bonds. The van der Waals surface area contributed by atoms with Crippen LogP contribution in [0.5, 0.6) is 0 Å². The minimum Gasteiger partial charge on any atom is -0.378 e. The first-order valence-electron chi connectivity index (χ1n) is 7.08. The fourth-order valence-corrected chi connectivity index (χ4v) is 2.44. The zero-order valence-corrected chi connectivity index (χ0v) is 11.0. The molecule has 1 saturated heterocycles. The summed E-state index contributed by atoms with van der Waals surface area (Å²) in [6, 6.07) is 0. The number of amides is 1. The van der Waals surface area contributed by atoms with Crippen molar-refractivity contribution in [3.05, 3.63) is 0 Å². The van der Waals surface area contributed by atoms with Crippen LogP contribution in [0.15, 0.2) is 0 Å². The highest BCUT2D eigenvalue weighted by atomic mass is 16.5. The lowest BCUT2D eigenvalue weighted by Gasteiger charge is -2.22. The zero-order chi connectivity index (χ0) is 12.6. The highest BCUT2D eigenvalue weighted by Crippen LogP contribution is 2.20. The molecule has 2 rings (SSSR count). The average Bonchev–Trinajstić information content (AvgIpc) is 2.92. The van der Waals surface area contributed by atoms with Crippen LogP contribution in [0.3, 0.4) is 0 Å². The largest absolute Gasteiger partial charge is 0.378 e. The number of hydrogen-bond donors (Lipinski definition) is 2. The zero-order valence-electron chi connectivity index (χ0n) is 11.0. The summed E-state index contributed by atoms with van der Waals surface area (Å²) in [6.07, 6.45) is 6.02. The van der Waals surface area contributed by atoms with Crippen LogP contribution in [0.4, 0.5) is 0 Å². The smallest absolute Gasteiger partial charge is 0.250 e. The third kappa shape index (κ3) is 4.55. The van der Waals surface area contributed by atoms with Crippen LogP contribution in [-0.4, -0.2) is 51.0 Å². The number of nitrogens with one attached hydrogen (secondary N) is 2. The van der Waals surface area contributed by atoms with Crippen molar-refractivity contribution in [3.8, 4) is 0 Å². The van der Waals surface area contributed by atoms with Gasteiger partial charge in [0.25, 0.3) is 0 Å². The summed E-state index contributed by atoms with van der Waals surface area (Å²) in [4.78, 5) is 11.7. The Kier molecular flexibility index (Phi) is 5.90. The number of rotatable bonds is 6. The van der Waals surface area contributed by atoms with E-state index in [1.54, 1.807) is 0 Å². The van der Waals surface area contributed by atoms with Crippen molar-refractivity contribution in [2.45, 2.75) is 44.3 Å². The maximum atomic E-state index is 11.7. The van der Waals surface area contributed by atoms with Crippen molar-refractivity contribution in [2.24, 2.45) is 0 Å². The molecule has 18 heavy (non-hydrogen) atoms. The van der Waals surface area contributed by atoms with Gasteiger partial charge in [0.15, 0.2) is 0 Å². The summed E-state index contributed by atoms with van der Waals surface area (Å²) in [6.45, 7) is 3.48. The van der Waals surface area contributed by atoms with E-state index in [0.717, 1.165) is 19.6 Å². The molecule has 1 aliphatic carbocycles. The van der Waals surface area contributed by atoms with Gasteiger partial charge in [-0.15, -0.1) is 0 Å². The lowest BCUT2D eigenvalue weighted by Crippen LogP contribution is -2.48. The molecule has 5 heteroatoms. The quantitative estimate of drug-likeness (QED) is 0.677. The van der Waals surface area contributed by atoms with Gasteiger partial charge < -0.3 is 20.1 Å². The second-order valence-corrected chi connectivity index (χ2v) is 4.99. The molecule has 2 aliphatic rings. The van der Waals surface area contributed by atoms with Crippen LogP contribution < -0.4 is 10.6 Å². The van der Waals surface area contributed by atoms with Crippen LogP contribution in [0.25, 0.3) is 0 Å². The van der Waals surface area contributed by atoms with Crippen LogP contribution in [0, 0.1) is 0 Å². The van der Waals surface area contributed by atoms with Crippen molar-refractivity contribution in [3.63, 3.8) is 0 Å². The van der Waals surface area contributed by atoms with E-state index in [1.165, 1.54) is 25.7 Å². The average molecular weight is 256 g/mol. The second-order valence-electron chi connectivity index (χ2n) is 4.99. The van der Waals surface area contributed by atoms with Gasteiger partial charge in [0, 0.05) is 26.2 Å². The van der Waals surface area contributed by atoms with Crippen LogP contribution in [0.1, 0.15) is 32.1 Å². The van der Waals surface area contributed by atoms with Gasteiger partial charge in [0.05, 0.1) is 12.7 Å². The summed E-state index contributed by atoms with van der Waals surface area (Å²) in [5, 5.41) is 6.04. The monoisotopic (exact) mass is 256 g/mol. The summed E-state index contributed by atoms with van der Waals surface area (Å²) in [5.41, 5.74) is 0. The predicted octanol–water partition coefficient (Wildman–Crippen LogP) is 0.440. The van der Waals surface area contributed by atoms with E-state index < -0.39 is 0 Å². The minimum atomic E-state index is -0.325. The molecule has 1 aliphatic heterocycles. The third-order valence-electron chi connectivity index (χ3n) is 3.50. The van der Waals surface area contributed by atoms with E-state index in [1.807, 2.05) is 0 Å². The summed E-state index contributed by atoms with van der Waals surface area (Å²) < 4.78 is 11.1. The summed E-state index contributed by atoms with van der Waals surface area (Å²) in [7, 11) is 0. The Bertz CT molecular complexity index is 249. The Morgan fingerprint density at radius 2 is 2.22 bits per heavy atom. The van der Waals surface area contributed by atoms with Crippen molar-refractivity contribution in [1.82, 2.24) is 10.6 Å². The molecule has 1 atom stereocenters. The first-order chi connectivity index (χ1) is 8.86. The molecule has 1 unspecified atom stereocenters. The van der Waals surface area contributed by atoms with Gasteiger partial charge in [-0.1, -0.05) is 12.8 Å². The van der Waals surface area contributed by atoms with Crippen LogP contribution in [-0.2, 0) is 14.3 Å². The molecule has 1 saturated carbocycles. The predicted molar refractivity (Wildman–Crippen MR) is 68.4 cm³/mol. The molecule has 0 aromatic heterocycles. The van der Waals surface area contributed by atoms with Gasteiger partial charge in [-0.25, -0.2) is 0 Å². The Labute approximate surface area is 109 Å².